The number of hydrogen-bond acceptors (Lipinski definition) is 5. The monoisotopic (exact) mass is 447 g/mol. The summed E-state index contributed by atoms with van der Waals surface area (Å²) in [6.45, 7) is 3.70. The van der Waals surface area contributed by atoms with Gasteiger partial charge in [-0.1, -0.05) is 30.3 Å². The van der Waals surface area contributed by atoms with Crippen LogP contribution < -0.4 is 14.4 Å². The summed E-state index contributed by atoms with van der Waals surface area (Å²) in [7, 11) is -2.26. The van der Waals surface area contributed by atoms with E-state index in [0.29, 0.717) is 18.0 Å². The molecule has 0 fully saturated rings. The minimum absolute atomic E-state index is 0.176. The van der Waals surface area contributed by atoms with Crippen LogP contribution in [0.25, 0.3) is 0 Å². The Hall–Kier alpha value is -3.07. The summed E-state index contributed by atoms with van der Waals surface area (Å²) in [5, 5.41) is 2.54. The van der Waals surface area contributed by atoms with Crippen LogP contribution in [0.3, 0.4) is 0 Å². The first-order valence-corrected chi connectivity index (χ1v) is 11.8. The number of hydrogen-bond donors (Lipinski definition) is 1. The van der Waals surface area contributed by atoms with Gasteiger partial charge in [-0.05, 0) is 43.7 Å². The predicted molar refractivity (Wildman–Crippen MR) is 120 cm³/mol. The third-order valence-electron chi connectivity index (χ3n) is 4.72. The largest absolute Gasteiger partial charge is 0.494 e. The van der Waals surface area contributed by atoms with Crippen LogP contribution in [-0.2, 0) is 26.2 Å². The molecule has 0 saturated carbocycles. The van der Waals surface area contributed by atoms with Gasteiger partial charge in [0.15, 0.2) is 0 Å². The smallest absolute Gasteiger partial charge is 0.244 e. The van der Waals surface area contributed by atoms with Crippen LogP contribution in [0.5, 0.6) is 5.75 Å². The fourth-order valence-corrected chi connectivity index (χ4v) is 3.91. The van der Waals surface area contributed by atoms with Gasteiger partial charge in [0.05, 0.1) is 18.6 Å². The number of sulfonamides is 1. The number of carbonyl (C=O) groups is 2. The van der Waals surface area contributed by atoms with Crippen LogP contribution in [0.1, 0.15) is 19.4 Å². The number of anilines is 1. The Morgan fingerprint density at radius 1 is 1.06 bits per heavy atom. The number of likely N-dealkylation sites (N-methyl/N-ethyl adjacent to an activating group) is 1. The Bertz CT molecular complexity index is 978. The summed E-state index contributed by atoms with van der Waals surface area (Å²) in [4.78, 5) is 26.8. The molecule has 2 rings (SSSR count). The molecule has 1 N–H and O–H groups in total. The molecule has 0 radical (unpaired) electrons. The lowest BCUT2D eigenvalue weighted by Crippen LogP contribution is -2.50. The summed E-state index contributed by atoms with van der Waals surface area (Å²) in [6, 6.07) is 14.9. The molecule has 8 nitrogen and oxygen atoms in total. The molecule has 2 aromatic carbocycles. The second kappa shape index (κ2) is 10.8. The van der Waals surface area contributed by atoms with Crippen molar-refractivity contribution in [3.63, 3.8) is 0 Å². The minimum Gasteiger partial charge on any atom is -0.494 e. The molecule has 31 heavy (non-hydrogen) atoms. The van der Waals surface area contributed by atoms with Crippen LogP contribution in [-0.4, -0.2) is 57.6 Å². The van der Waals surface area contributed by atoms with Crippen molar-refractivity contribution in [3.8, 4) is 5.75 Å². The van der Waals surface area contributed by atoms with Gasteiger partial charge in [-0.2, -0.15) is 0 Å². The molecule has 0 heterocycles. The van der Waals surface area contributed by atoms with Gasteiger partial charge in [-0.3, -0.25) is 13.9 Å². The van der Waals surface area contributed by atoms with E-state index in [1.165, 1.54) is 11.9 Å². The number of ether oxygens (including phenoxy) is 1. The summed E-state index contributed by atoms with van der Waals surface area (Å²) in [5.74, 6) is -0.222. The van der Waals surface area contributed by atoms with Crippen LogP contribution >= 0.6 is 0 Å². The second-order valence-corrected chi connectivity index (χ2v) is 8.90. The first-order valence-electron chi connectivity index (χ1n) is 9.93. The molecular weight excluding hydrogens is 418 g/mol. The maximum atomic E-state index is 13.2. The number of carbonyl (C=O) groups excluding carboxylic acids is 2. The summed E-state index contributed by atoms with van der Waals surface area (Å²) in [6.07, 6.45) is 1.04. The predicted octanol–water partition coefficient (Wildman–Crippen LogP) is 2.01. The van der Waals surface area contributed by atoms with E-state index >= 15 is 0 Å². The molecule has 0 spiro atoms. The normalized spacial score (nSPS) is 12.0. The van der Waals surface area contributed by atoms with Gasteiger partial charge < -0.3 is 15.0 Å². The second-order valence-electron chi connectivity index (χ2n) is 6.99. The molecule has 0 aromatic heterocycles. The van der Waals surface area contributed by atoms with Crippen molar-refractivity contribution >= 4 is 27.5 Å². The highest BCUT2D eigenvalue weighted by atomic mass is 32.2. The third kappa shape index (κ3) is 6.71. The van der Waals surface area contributed by atoms with Crippen LogP contribution in [0, 0.1) is 0 Å². The molecule has 0 bridgehead atoms. The first kappa shape index (κ1) is 24.2. The zero-order chi connectivity index (χ0) is 23.0. The molecule has 2 amide bonds. The highest BCUT2D eigenvalue weighted by Gasteiger charge is 2.29. The van der Waals surface area contributed by atoms with Crippen molar-refractivity contribution in [2.45, 2.75) is 26.4 Å². The lowest BCUT2D eigenvalue weighted by molar-refractivity contribution is -0.139. The van der Waals surface area contributed by atoms with E-state index in [9.17, 15) is 18.0 Å². The van der Waals surface area contributed by atoms with E-state index in [0.717, 1.165) is 16.1 Å². The number of amides is 2. The molecule has 0 aliphatic rings. The topological polar surface area (TPSA) is 96.0 Å². The zero-order valence-corrected chi connectivity index (χ0v) is 19.1. The van der Waals surface area contributed by atoms with Crippen molar-refractivity contribution in [1.29, 1.82) is 0 Å². The molecular formula is C22H29N3O5S. The molecule has 9 heteroatoms. The molecule has 0 aliphatic carbocycles. The number of nitrogens with zero attached hydrogens (tertiary/aromatic N) is 2. The van der Waals surface area contributed by atoms with Gasteiger partial charge in [-0.25, -0.2) is 8.42 Å². The van der Waals surface area contributed by atoms with E-state index in [2.05, 4.69) is 5.32 Å². The lowest BCUT2D eigenvalue weighted by Gasteiger charge is -2.31. The van der Waals surface area contributed by atoms with Crippen LogP contribution in [0.15, 0.2) is 54.6 Å². The Labute approximate surface area is 183 Å². The highest BCUT2D eigenvalue weighted by Crippen LogP contribution is 2.22. The van der Waals surface area contributed by atoms with Crippen LogP contribution in [0.4, 0.5) is 5.69 Å². The summed E-state index contributed by atoms with van der Waals surface area (Å²) >= 11 is 0. The van der Waals surface area contributed by atoms with Gasteiger partial charge in [0.1, 0.15) is 18.3 Å². The highest BCUT2D eigenvalue weighted by molar-refractivity contribution is 7.92. The maximum Gasteiger partial charge on any atom is 0.244 e. The Balaban J connectivity index is 2.32. The van der Waals surface area contributed by atoms with Crippen molar-refractivity contribution in [2.24, 2.45) is 0 Å². The van der Waals surface area contributed by atoms with Gasteiger partial charge in [0, 0.05) is 13.6 Å². The third-order valence-corrected chi connectivity index (χ3v) is 5.86. The molecule has 168 valence electrons. The molecule has 0 aliphatic heterocycles. The molecule has 1 atom stereocenters. The van der Waals surface area contributed by atoms with Crippen LogP contribution in [0.2, 0.25) is 0 Å². The number of rotatable bonds is 10. The van der Waals surface area contributed by atoms with Crippen molar-refractivity contribution < 1.29 is 22.7 Å². The van der Waals surface area contributed by atoms with Gasteiger partial charge in [0.25, 0.3) is 0 Å². The standard InChI is InChI=1S/C22H29N3O5S/c1-5-30-20-13-11-19(12-14-20)25(31(4,28)29)16-21(26)24(17(2)22(27)23-3)15-18-9-7-6-8-10-18/h6-14,17H,5,15-16H2,1-4H3,(H,23,27)/t17-/m0/s1. The fraction of sp³-hybridized carbons (Fsp3) is 0.364. The lowest BCUT2D eigenvalue weighted by atomic mass is 10.1. The average Bonchev–Trinajstić information content (AvgIpc) is 2.75. The maximum absolute atomic E-state index is 13.2. The average molecular weight is 448 g/mol. The Morgan fingerprint density at radius 3 is 2.19 bits per heavy atom. The van der Waals surface area contributed by atoms with Gasteiger partial charge in [0.2, 0.25) is 21.8 Å². The zero-order valence-electron chi connectivity index (χ0n) is 18.2. The summed E-state index contributed by atoms with van der Waals surface area (Å²) < 4.78 is 31.3. The minimum atomic E-state index is -3.75. The number of benzene rings is 2. The Morgan fingerprint density at radius 2 is 1.68 bits per heavy atom. The summed E-state index contributed by atoms with van der Waals surface area (Å²) in [5.41, 5.74) is 1.17. The van der Waals surface area contributed by atoms with E-state index in [1.54, 1.807) is 31.2 Å². The Kier molecular flexibility index (Phi) is 8.44. The van der Waals surface area contributed by atoms with Crippen molar-refractivity contribution in [2.75, 3.05) is 30.8 Å². The molecule has 0 unspecified atom stereocenters. The van der Waals surface area contributed by atoms with E-state index in [4.69, 9.17) is 4.74 Å². The van der Waals surface area contributed by atoms with E-state index < -0.39 is 28.5 Å². The van der Waals surface area contributed by atoms with Gasteiger partial charge in [-0.15, -0.1) is 0 Å². The van der Waals surface area contributed by atoms with E-state index in [1.807, 2.05) is 37.3 Å². The van der Waals surface area contributed by atoms with E-state index in [-0.39, 0.29) is 12.5 Å². The van der Waals surface area contributed by atoms with Crippen molar-refractivity contribution in [1.82, 2.24) is 10.2 Å². The molecule has 2 aromatic rings. The fourth-order valence-electron chi connectivity index (χ4n) is 3.06. The number of nitrogens with one attached hydrogen (secondary N) is 1. The molecule has 0 saturated heterocycles. The van der Waals surface area contributed by atoms with Gasteiger partial charge >= 0.3 is 0 Å². The quantitative estimate of drug-likeness (QED) is 0.601. The first-order chi connectivity index (χ1) is 14.7. The SMILES string of the molecule is CCOc1ccc(N(CC(=O)N(Cc2ccccc2)[C@@H](C)C(=O)NC)S(C)(=O)=O)cc1. The van der Waals surface area contributed by atoms with Crippen molar-refractivity contribution in [3.05, 3.63) is 60.2 Å².